The summed E-state index contributed by atoms with van der Waals surface area (Å²) < 4.78 is 15.1. The van der Waals surface area contributed by atoms with Crippen LogP contribution in [0.25, 0.3) is 28.0 Å². The van der Waals surface area contributed by atoms with Crippen LogP contribution in [0.4, 0.5) is 4.39 Å². The molecule has 5 rings (SSSR count). The number of H-pyrrole nitrogens is 1. The Hall–Kier alpha value is -2.92. The molecule has 0 bridgehead atoms. The van der Waals surface area contributed by atoms with E-state index in [0.717, 1.165) is 35.2 Å². The van der Waals surface area contributed by atoms with E-state index in [9.17, 15) is 9.18 Å². The highest BCUT2D eigenvalue weighted by Gasteiger charge is 2.31. The molecule has 2 heterocycles. The first kappa shape index (κ1) is 16.3. The van der Waals surface area contributed by atoms with Gasteiger partial charge >= 0.3 is 0 Å². The van der Waals surface area contributed by atoms with Gasteiger partial charge in [-0.3, -0.25) is 4.79 Å². The van der Waals surface area contributed by atoms with Crippen LogP contribution >= 0.6 is 11.6 Å². The van der Waals surface area contributed by atoms with Gasteiger partial charge in [-0.15, -0.1) is 0 Å². The van der Waals surface area contributed by atoms with E-state index in [2.05, 4.69) is 4.98 Å². The summed E-state index contributed by atoms with van der Waals surface area (Å²) in [6, 6.07) is 15.1. The Morgan fingerprint density at radius 3 is 2.37 bits per heavy atom. The van der Waals surface area contributed by atoms with Crippen molar-refractivity contribution in [3.05, 3.63) is 81.5 Å². The van der Waals surface area contributed by atoms with Gasteiger partial charge in [0.1, 0.15) is 11.5 Å². The highest BCUT2D eigenvalue weighted by molar-refractivity contribution is 6.30. The summed E-state index contributed by atoms with van der Waals surface area (Å²) in [6.45, 7) is 0. The number of hydrogen-bond acceptors (Lipinski definition) is 2. The maximum Gasteiger partial charge on any atom is 0.251 e. The lowest BCUT2D eigenvalue weighted by Gasteiger charge is -2.06. The van der Waals surface area contributed by atoms with Crippen LogP contribution in [0.15, 0.2) is 59.4 Å². The van der Waals surface area contributed by atoms with Crippen LogP contribution in [0.5, 0.6) is 0 Å². The number of aromatic amines is 1. The van der Waals surface area contributed by atoms with Gasteiger partial charge in [-0.05, 0) is 54.8 Å². The molecule has 1 fully saturated rings. The number of nitrogens with one attached hydrogen (secondary N) is 1. The fourth-order valence-electron chi connectivity index (χ4n) is 3.43. The van der Waals surface area contributed by atoms with Crippen LogP contribution in [-0.2, 0) is 0 Å². The fourth-order valence-corrected chi connectivity index (χ4v) is 3.56. The van der Waals surface area contributed by atoms with E-state index < -0.39 is 0 Å². The number of benzene rings is 2. The molecule has 0 unspecified atom stereocenters. The Labute approximate surface area is 159 Å². The van der Waals surface area contributed by atoms with E-state index in [1.54, 1.807) is 16.6 Å². The summed E-state index contributed by atoms with van der Waals surface area (Å²) in [5, 5.41) is 5.49. The third-order valence-corrected chi connectivity index (χ3v) is 5.14. The van der Waals surface area contributed by atoms with Crippen molar-refractivity contribution in [2.75, 3.05) is 0 Å². The predicted molar refractivity (Wildman–Crippen MR) is 104 cm³/mol. The lowest BCUT2D eigenvalue weighted by atomic mass is 10.0. The molecule has 1 N–H and O–H groups in total. The fraction of sp³-hybridized carbons (Fsp3) is 0.143. The van der Waals surface area contributed by atoms with Gasteiger partial charge in [-0.1, -0.05) is 23.7 Å². The molecule has 1 aliphatic carbocycles. The van der Waals surface area contributed by atoms with Gasteiger partial charge in [0, 0.05) is 28.1 Å². The SMILES string of the molecule is O=c1cc(-c2ccc(F)cc2)n2nc(C3CC3)c(-c3ccc(Cl)cc3)c2[nH]1. The second kappa shape index (κ2) is 6.06. The first-order valence-corrected chi connectivity index (χ1v) is 9.16. The minimum absolute atomic E-state index is 0.223. The summed E-state index contributed by atoms with van der Waals surface area (Å²) in [5.41, 5.74) is 4.65. The highest BCUT2D eigenvalue weighted by atomic mass is 35.5. The first-order chi connectivity index (χ1) is 13.1. The molecule has 4 nitrogen and oxygen atoms in total. The van der Waals surface area contributed by atoms with Crippen molar-refractivity contribution in [1.82, 2.24) is 14.6 Å². The molecule has 0 amide bonds. The smallest absolute Gasteiger partial charge is 0.251 e. The van der Waals surface area contributed by atoms with Gasteiger partial charge in [0.15, 0.2) is 0 Å². The molecule has 0 atom stereocenters. The number of rotatable bonds is 3. The van der Waals surface area contributed by atoms with Crippen molar-refractivity contribution >= 4 is 17.2 Å². The van der Waals surface area contributed by atoms with Crippen molar-refractivity contribution in [2.45, 2.75) is 18.8 Å². The second-order valence-corrected chi connectivity index (χ2v) is 7.26. The summed E-state index contributed by atoms with van der Waals surface area (Å²) in [5.74, 6) is 0.0703. The van der Waals surface area contributed by atoms with E-state index in [-0.39, 0.29) is 11.4 Å². The third-order valence-electron chi connectivity index (χ3n) is 4.89. The minimum atomic E-state index is -0.319. The summed E-state index contributed by atoms with van der Waals surface area (Å²) >= 11 is 6.04. The monoisotopic (exact) mass is 379 g/mol. The standard InChI is InChI=1S/C21H15ClFN3O/c22-15-7-3-13(4-8-15)19-20(14-1-2-14)25-26-17(11-18(27)24-21(19)26)12-5-9-16(23)10-6-12/h3-11,14H,1-2H2,(H,24,27). The molecule has 27 heavy (non-hydrogen) atoms. The topological polar surface area (TPSA) is 50.2 Å². The molecule has 4 aromatic rings. The maximum atomic E-state index is 13.3. The van der Waals surface area contributed by atoms with Crippen LogP contribution < -0.4 is 5.56 Å². The van der Waals surface area contributed by atoms with Gasteiger partial charge in [0.05, 0.1) is 11.4 Å². The first-order valence-electron chi connectivity index (χ1n) is 8.78. The van der Waals surface area contributed by atoms with E-state index in [0.29, 0.717) is 22.3 Å². The molecule has 134 valence electrons. The van der Waals surface area contributed by atoms with Gasteiger partial charge in [0.25, 0.3) is 5.56 Å². The molecular formula is C21H15ClFN3O. The van der Waals surface area contributed by atoms with E-state index in [1.807, 2.05) is 24.3 Å². The molecule has 1 aliphatic rings. The predicted octanol–water partition coefficient (Wildman–Crippen LogP) is 5.03. The van der Waals surface area contributed by atoms with Gasteiger partial charge in [0.2, 0.25) is 0 Å². The van der Waals surface area contributed by atoms with E-state index in [4.69, 9.17) is 16.7 Å². The number of hydrogen-bond donors (Lipinski definition) is 1. The van der Waals surface area contributed by atoms with Gasteiger partial charge < -0.3 is 4.98 Å². The largest absolute Gasteiger partial charge is 0.306 e. The zero-order valence-corrected chi connectivity index (χ0v) is 15.0. The summed E-state index contributed by atoms with van der Waals surface area (Å²) in [7, 11) is 0. The Morgan fingerprint density at radius 2 is 1.70 bits per heavy atom. The molecular weight excluding hydrogens is 365 g/mol. The average Bonchev–Trinajstić information content (AvgIpc) is 3.44. The number of aromatic nitrogens is 3. The van der Waals surface area contributed by atoms with Crippen molar-refractivity contribution in [1.29, 1.82) is 0 Å². The van der Waals surface area contributed by atoms with Crippen LogP contribution in [-0.4, -0.2) is 14.6 Å². The maximum absolute atomic E-state index is 13.3. The number of halogens is 2. The Bertz CT molecular complexity index is 1210. The number of fused-ring (bicyclic) bond motifs is 1. The normalized spacial score (nSPS) is 14.0. The molecule has 0 saturated heterocycles. The molecule has 2 aromatic carbocycles. The van der Waals surface area contributed by atoms with Crippen molar-refractivity contribution in [2.24, 2.45) is 0 Å². The highest BCUT2D eigenvalue weighted by Crippen LogP contribution is 2.45. The average molecular weight is 380 g/mol. The van der Waals surface area contributed by atoms with Crippen molar-refractivity contribution in [3.63, 3.8) is 0 Å². The molecule has 6 heteroatoms. The third kappa shape index (κ3) is 2.84. The Kier molecular flexibility index (Phi) is 3.65. The Morgan fingerprint density at radius 1 is 1.04 bits per heavy atom. The molecule has 0 spiro atoms. The van der Waals surface area contributed by atoms with Gasteiger partial charge in [-0.25, -0.2) is 8.91 Å². The zero-order chi connectivity index (χ0) is 18.5. The lowest BCUT2D eigenvalue weighted by molar-refractivity contribution is 0.628. The van der Waals surface area contributed by atoms with Crippen LogP contribution in [0.2, 0.25) is 5.02 Å². The van der Waals surface area contributed by atoms with Crippen LogP contribution in [0, 0.1) is 5.82 Å². The summed E-state index contributed by atoms with van der Waals surface area (Å²) in [6.07, 6.45) is 2.17. The van der Waals surface area contributed by atoms with E-state index >= 15 is 0 Å². The van der Waals surface area contributed by atoms with Crippen LogP contribution in [0.1, 0.15) is 24.5 Å². The van der Waals surface area contributed by atoms with Crippen molar-refractivity contribution in [3.8, 4) is 22.4 Å². The zero-order valence-electron chi connectivity index (χ0n) is 14.2. The minimum Gasteiger partial charge on any atom is -0.306 e. The van der Waals surface area contributed by atoms with E-state index in [1.165, 1.54) is 18.2 Å². The molecule has 2 aromatic heterocycles. The lowest BCUT2D eigenvalue weighted by Crippen LogP contribution is -2.09. The summed E-state index contributed by atoms with van der Waals surface area (Å²) in [4.78, 5) is 15.3. The molecule has 0 radical (unpaired) electrons. The Balaban J connectivity index is 1.82. The quantitative estimate of drug-likeness (QED) is 0.543. The molecule has 1 saturated carbocycles. The second-order valence-electron chi connectivity index (χ2n) is 6.83. The van der Waals surface area contributed by atoms with Gasteiger partial charge in [-0.2, -0.15) is 5.10 Å². The van der Waals surface area contributed by atoms with Crippen LogP contribution in [0.3, 0.4) is 0 Å². The van der Waals surface area contributed by atoms with Crippen molar-refractivity contribution < 1.29 is 4.39 Å². The number of nitrogens with zero attached hydrogens (tertiary/aromatic N) is 2. The molecule has 0 aliphatic heterocycles.